The molecule has 1 aliphatic rings. The Morgan fingerprint density at radius 1 is 1.16 bits per heavy atom. The highest BCUT2D eigenvalue weighted by Crippen LogP contribution is 2.28. The third-order valence-corrected chi connectivity index (χ3v) is 5.49. The summed E-state index contributed by atoms with van der Waals surface area (Å²) < 4.78 is 4.85. The number of hydrogen-bond donors (Lipinski definition) is 2. The number of methoxy groups -OCH3 is 1. The lowest BCUT2D eigenvalue weighted by Crippen LogP contribution is -2.31. The number of hydrogen-bond acceptors (Lipinski definition) is 8. The number of carbonyl (C=O) groups is 2. The van der Waals surface area contributed by atoms with Gasteiger partial charge in [-0.25, -0.2) is 14.8 Å². The number of anilines is 2. The first-order valence-corrected chi connectivity index (χ1v) is 10.2. The number of amides is 1. The molecule has 166 valence electrons. The van der Waals surface area contributed by atoms with Crippen molar-refractivity contribution in [2.24, 2.45) is 0 Å². The van der Waals surface area contributed by atoms with E-state index < -0.39 is 5.97 Å². The lowest BCUT2D eigenvalue weighted by Gasteiger charge is -2.16. The lowest BCUT2D eigenvalue weighted by atomic mass is 10.1. The van der Waals surface area contributed by atoms with Gasteiger partial charge in [0.1, 0.15) is 5.70 Å². The van der Waals surface area contributed by atoms with E-state index in [-0.39, 0.29) is 36.9 Å². The standard InChI is InChI=1S/C23H25N5O4/c1-13-9-18-20(25-19-10-14(27(2)3)5-6-16(19)24-18)11-17(13)26-21-15(23(31)32-4)12-28(7-8-29)22(21)30/h5-6,9-11,26,29H,7-8,12H2,1-4H3. The zero-order valence-electron chi connectivity index (χ0n) is 18.5. The van der Waals surface area contributed by atoms with Crippen molar-refractivity contribution in [1.29, 1.82) is 0 Å². The van der Waals surface area contributed by atoms with E-state index in [1.165, 1.54) is 12.0 Å². The Labute approximate surface area is 185 Å². The number of aliphatic hydroxyl groups is 1. The van der Waals surface area contributed by atoms with Crippen LogP contribution in [-0.4, -0.2) is 72.8 Å². The number of aromatic nitrogens is 2. The molecule has 0 spiro atoms. The normalized spacial score (nSPS) is 13.9. The maximum atomic E-state index is 12.8. The van der Waals surface area contributed by atoms with E-state index in [9.17, 15) is 14.7 Å². The molecule has 9 nitrogen and oxygen atoms in total. The summed E-state index contributed by atoms with van der Waals surface area (Å²) >= 11 is 0. The van der Waals surface area contributed by atoms with E-state index >= 15 is 0 Å². The Morgan fingerprint density at radius 3 is 2.53 bits per heavy atom. The van der Waals surface area contributed by atoms with Gasteiger partial charge in [0.15, 0.2) is 0 Å². The number of benzene rings is 2. The zero-order valence-corrected chi connectivity index (χ0v) is 18.5. The number of β-amino-alcohol motifs (C(OH)–C–C–N with tert-alkyl or cyclic N) is 1. The van der Waals surface area contributed by atoms with Crippen LogP contribution in [0.15, 0.2) is 41.6 Å². The molecule has 9 heteroatoms. The van der Waals surface area contributed by atoms with E-state index in [0.29, 0.717) is 11.2 Å². The van der Waals surface area contributed by atoms with E-state index in [1.54, 1.807) is 0 Å². The van der Waals surface area contributed by atoms with Crippen molar-refractivity contribution in [3.05, 3.63) is 47.2 Å². The molecular formula is C23H25N5O4. The van der Waals surface area contributed by atoms with Crippen LogP contribution in [0.3, 0.4) is 0 Å². The van der Waals surface area contributed by atoms with Crippen LogP contribution in [-0.2, 0) is 14.3 Å². The van der Waals surface area contributed by atoms with Crippen LogP contribution in [0, 0.1) is 6.92 Å². The summed E-state index contributed by atoms with van der Waals surface area (Å²) in [6.45, 7) is 1.91. The zero-order chi connectivity index (χ0) is 23.0. The molecule has 0 saturated carbocycles. The van der Waals surface area contributed by atoms with Crippen LogP contribution in [0.25, 0.3) is 22.1 Å². The Kier molecular flexibility index (Phi) is 5.67. The molecule has 4 rings (SSSR count). The molecule has 0 aliphatic carbocycles. The van der Waals surface area contributed by atoms with E-state index in [2.05, 4.69) is 5.32 Å². The number of aryl methyl sites for hydroxylation is 1. The second kappa shape index (κ2) is 8.43. The number of nitrogens with one attached hydrogen (secondary N) is 1. The summed E-state index contributed by atoms with van der Waals surface area (Å²) in [7, 11) is 5.20. The summed E-state index contributed by atoms with van der Waals surface area (Å²) in [6, 6.07) is 9.63. The summed E-state index contributed by atoms with van der Waals surface area (Å²) in [5, 5.41) is 12.4. The summed E-state index contributed by atoms with van der Waals surface area (Å²) in [4.78, 5) is 38.0. The predicted octanol–water partition coefficient (Wildman–Crippen LogP) is 1.83. The van der Waals surface area contributed by atoms with Gasteiger partial charge in [0.2, 0.25) is 0 Å². The predicted molar refractivity (Wildman–Crippen MR) is 122 cm³/mol. The fraction of sp³-hybridized carbons (Fsp3) is 0.304. The molecule has 0 bridgehead atoms. The van der Waals surface area contributed by atoms with Gasteiger partial charge in [-0.1, -0.05) is 0 Å². The van der Waals surface area contributed by atoms with Gasteiger partial charge in [-0.3, -0.25) is 4.79 Å². The first kappa shape index (κ1) is 21.5. The minimum absolute atomic E-state index is 0.0821. The molecule has 0 fully saturated rings. The van der Waals surface area contributed by atoms with Crippen LogP contribution >= 0.6 is 0 Å². The molecule has 1 aliphatic heterocycles. The second-order valence-corrected chi connectivity index (χ2v) is 7.87. The number of esters is 1. The highest BCUT2D eigenvalue weighted by Gasteiger charge is 2.34. The number of rotatable bonds is 6. The van der Waals surface area contributed by atoms with E-state index in [1.807, 2.05) is 56.3 Å². The van der Waals surface area contributed by atoms with Gasteiger partial charge in [0.05, 0.1) is 47.9 Å². The molecule has 1 aromatic heterocycles. The van der Waals surface area contributed by atoms with Gasteiger partial charge in [-0.05, 0) is 42.8 Å². The molecule has 0 radical (unpaired) electrons. The van der Waals surface area contributed by atoms with Crippen molar-refractivity contribution in [2.75, 3.05) is 51.1 Å². The first-order valence-electron chi connectivity index (χ1n) is 10.2. The fourth-order valence-electron chi connectivity index (χ4n) is 3.71. The van der Waals surface area contributed by atoms with Crippen LogP contribution in [0.5, 0.6) is 0 Å². The largest absolute Gasteiger partial charge is 0.466 e. The van der Waals surface area contributed by atoms with Crippen LogP contribution < -0.4 is 10.2 Å². The van der Waals surface area contributed by atoms with E-state index in [4.69, 9.17) is 14.7 Å². The van der Waals surface area contributed by atoms with Crippen molar-refractivity contribution in [3.63, 3.8) is 0 Å². The maximum Gasteiger partial charge on any atom is 0.337 e. The number of carbonyl (C=O) groups excluding carboxylic acids is 2. The SMILES string of the molecule is COC(=O)C1=C(Nc2cc3nc4cc(N(C)C)ccc4nc3cc2C)C(=O)N(CCO)C1. The molecule has 1 amide bonds. The highest BCUT2D eigenvalue weighted by molar-refractivity contribution is 6.09. The minimum Gasteiger partial charge on any atom is -0.466 e. The van der Waals surface area contributed by atoms with Crippen molar-refractivity contribution in [1.82, 2.24) is 14.9 Å². The Balaban J connectivity index is 1.77. The van der Waals surface area contributed by atoms with E-state index in [0.717, 1.165) is 27.8 Å². The van der Waals surface area contributed by atoms with Crippen molar-refractivity contribution in [3.8, 4) is 0 Å². The first-order chi connectivity index (χ1) is 15.3. The number of ether oxygens (including phenoxy) is 1. The Morgan fingerprint density at radius 2 is 1.84 bits per heavy atom. The fourth-order valence-corrected chi connectivity index (χ4v) is 3.71. The maximum absolute atomic E-state index is 12.8. The molecule has 2 aromatic carbocycles. The molecule has 0 saturated heterocycles. The minimum atomic E-state index is -0.582. The number of fused-ring (bicyclic) bond motifs is 2. The quantitative estimate of drug-likeness (QED) is 0.446. The van der Waals surface area contributed by atoms with Crippen molar-refractivity contribution < 1.29 is 19.4 Å². The summed E-state index contributed by atoms with van der Waals surface area (Å²) in [5.74, 6) is -0.944. The molecule has 3 aromatic rings. The average molecular weight is 435 g/mol. The third kappa shape index (κ3) is 3.82. The summed E-state index contributed by atoms with van der Waals surface area (Å²) in [6.07, 6.45) is 0. The Bertz CT molecular complexity index is 1270. The monoisotopic (exact) mass is 435 g/mol. The van der Waals surface area contributed by atoms with Gasteiger partial charge in [0, 0.05) is 32.0 Å². The third-order valence-electron chi connectivity index (χ3n) is 5.49. The van der Waals surface area contributed by atoms with Gasteiger partial charge in [-0.15, -0.1) is 0 Å². The van der Waals surface area contributed by atoms with Crippen molar-refractivity contribution in [2.45, 2.75) is 6.92 Å². The average Bonchev–Trinajstić information content (AvgIpc) is 3.07. The summed E-state index contributed by atoms with van der Waals surface area (Å²) in [5.41, 5.74) is 5.85. The highest BCUT2D eigenvalue weighted by atomic mass is 16.5. The second-order valence-electron chi connectivity index (χ2n) is 7.87. The van der Waals surface area contributed by atoms with Gasteiger partial charge >= 0.3 is 5.97 Å². The lowest BCUT2D eigenvalue weighted by molar-refractivity contribution is -0.136. The molecule has 2 N–H and O–H groups in total. The molecule has 2 heterocycles. The topological polar surface area (TPSA) is 108 Å². The number of aliphatic hydroxyl groups excluding tert-OH is 1. The number of nitrogens with zero attached hydrogens (tertiary/aromatic N) is 4. The molecule has 0 atom stereocenters. The van der Waals surface area contributed by atoms with Gasteiger partial charge in [0.25, 0.3) is 5.91 Å². The molecule has 0 unspecified atom stereocenters. The smallest absolute Gasteiger partial charge is 0.337 e. The van der Waals surface area contributed by atoms with Crippen molar-refractivity contribution >= 4 is 45.3 Å². The van der Waals surface area contributed by atoms with Gasteiger partial charge < -0.3 is 25.0 Å². The van der Waals surface area contributed by atoms with Crippen LogP contribution in [0.1, 0.15) is 5.56 Å². The van der Waals surface area contributed by atoms with Gasteiger partial charge in [-0.2, -0.15) is 0 Å². The molecular weight excluding hydrogens is 410 g/mol. The molecule has 32 heavy (non-hydrogen) atoms. The Hall–Kier alpha value is -3.72. The van der Waals surface area contributed by atoms with Crippen LogP contribution in [0.4, 0.5) is 11.4 Å². The van der Waals surface area contributed by atoms with Crippen LogP contribution in [0.2, 0.25) is 0 Å².